The van der Waals surface area contributed by atoms with Crippen LogP contribution < -0.4 is 11.1 Å². The summed E-state index contributed by atoms with van der Waals surface area (Å²) in [7, 11) is 0. The number of fused-ring (bicyclic) bond motifs is 1. The van der Waals surface area contributed by atoms with Gasteiger partial charge in [-0.25, -0.2) is 9.97 Å². The summed E-state index contributed by atoms with van der Waals surface area (Å²) >= 11 is 1.66. The quantitative estimate of drug-likeness (QED) is 0.508. The highest BCUT2D eigenvalue weighted by Crippen LogP contribution is 2.41. The summed E-state index contributed by atoms with van der Waals surface area (Å²) in [6.07, 6.45) is 1.57. The van der Waals surface area contributed by atoms with Crippen LogP contribution in [0.4, 0.5) is 11.5 Å². The van der Waals surface area contributed by atoms with E-state index in [1.54, 1.807) is 29.8 Å². The molecule has 2 aromatic heterocycles. The van der Waals surface area contributed by atoms with Crippen LogP contribution in [0.2, 0.25) is 0 Å². The number of aryl methyl sites for hydroxylation is 3. The van der Waals surface area contributed by atoms with Crippen LogP contribution in [0.25, 0.3) is 21.3 Å². The Morgan fingerprint density at radius 2 is 1.75 bits per heavy atom. The first kappa shape index (κ1) is 18.1. The summed E-state index contributed by atoms with van der Waals surface area (Å²) in [6, 6.07) is 13.6. The number of aromatic nitrogens is 2. The Balaban J connectivity index is 1.83. The number of hydrogen-bond donors (Lipinski definition) is 2. The minimum absolute atomic E-state index is 0.443. The third kappa shape index (κ3) is 3.23. The summed E-state index contributed by atoms with van der Waals surface area (Å²) in [5, 5.41) is 4.37. The molecule has 1 amide bonds. The Labute approximate surface area is 167 Å². The maximum Gasteiger partial charge on any atom is 0.248 e. The minimum atomic E-state index is -0.443. The molecule has 5 nitrogen and oxygen atoms in total. The second-order valence-corrected chi connectivity index (χ2v) is 8.00. The van der Waals surface area contributed by atoms with E-state index in [-0.39, 0.29) is 0 Å². The van der Waals surface area contributed by atoms with Crippen molar-refractivity contribution in [3.05, 3.63) is 70.4 Å². The molecule has 0 spiro atoms. The first-order valence-electron chi connectivity index (χ1n) is 8.92. The number of nitrogens with two attached hydrogens (primary N) is 1. The van der Waals surface area contributed by atoms with Gasteiger partial charge in [0, 0.05) is 21.7 Å². The second-order valence-electron chi connectivity index (χ2n) is 6.80. The third-order valence-electron chi connectivity index (χ3n) is 4.89. The van der Waals surface area contributed by atoms with Crippen molar-refractivity contribution in [3.8, 4) is 11.1 Å². The molecule has 6 heteroatoms. The highest BCUT2D eigenvalue weighted by atomic mass is 32.1. The Morgan fingerprint density at radius 3 is 2.43 bits per heavy atom. The number of rotatable bonds is 4. The van der Waals surface area contributed by atoms with Gasteiger partial charge in [0.25, 0.3) is 0 Å². The normalized spacial score (nSPS) is 11.0. The maximum atomic E-state index is 11.3. The summed E-state index contributed by atoms with van der Waals surface area (Å²) < 4.78 is 0. The topological polar surface area (TPSA) is 80.9 Å². The molecule has 2 heterocycles. The van der Waals surface area contributed by atoms with Crippen LogP contribution in [-0.4, -0.2) is 15.9 Å². The molecule has 0 saturated heterocycles. The van der Waals surface area contributed by atoms with Crippen LogP contribution in [0.5, 0.6) is 0 Å². The number of anilines is 2. The van der Waals surface area contributed by atoms with Crippen molar-refractivity contribution in [2.45, 2.75) is 20.8 Å². The summed E-state index contributed by atoms with van der Waals surface area (Å²) in [5.74, 6) is 0.302. The van der Waals surface area contributed by atoms with Gasteiger partial charge < -0.3 is 11.1 Å². The van der Waals surface area contributed by atoms with E-state index in [1.165, 1.54) is 16.0 Å². The molecule has 28 heavy (non-hydrogen) atoms. The first-order chi connectivity index (χ1) is 13.4. The van der Waals surface area contributed by atoms with Crippen molar-refractivity contribution in [2.75, 3.05) is 5.32 Å². The fraction of sp³-hybridized carbons (Fsp3) is 0.136. The lowest BCUT2D eigenvalue weighted by Crippen LogP contribution is -2.10. The van der Waals surface area contributed by atoms with Crippen LogP contribution >= 0.6 is 11.3 Å². The van der Waals surface area contributed by atoms with Crippen LogP contribution in [0.3, 0.4) is 0 Å². The zero-order chi connectivity index (χ0) is 19.8. The monoisotopic (exact) mass is 388 g/mol. The van der Waals surface area contributed by atoms with E-state index >= 15 is 0 Å². The van der Waals surface area contributed by atoms with E-state index in [0.29, 0.717) is 5.56 Å². The number of carbonyl (C=O) groups is 1. The molecule has 0 atom stereocenters. The predicted molar refractivity (Wildman–Crippen MR) is 115 cm³/mol. The van der Waals surface area contributed by atoms with E-state index in [4.69, 9.17) is 5.73 Å². The number of primary amides is 1. The van der Waals surface area contributed by atoms with Gasteiger partial charge in [0.2, 0.25) is 5.91 Å². The largest absolute Gasteiger partial charge is 0.366 e. The van der Waals surface area contributed by atoms with Gasteiger partial charge >= 0.3 is 0 Å². The summed E-state index contributed by atoms with van der Waals surface area (Å²) in [4.78, 5) is 22.4. The third-order valence-corrected chi connectivity index (χ3v) is 5.91. The van der Waals surface area contributed by atoms with Gasteiger partial charge in [-0.2, -0.15) is 0 Å². The molecular formula is C22H20N4OS. The standard InChI is InChI=1S/C22H20N4OS/c1-12-4-5-16(10-13(12)2)18-14(3)28-22-19(18)21(24-11-25-22)26-17-8-6-15(7-9-17)20(23)27/h4-11H,1-3H3,(H2,23,27)(H,24,25,26). The van der Waals surface area contributed by atoms with Crippen molar-refractivity contribution in [1.29, 1.82) is 0 Å². The summed E-state index contributed by atoms with van der Waals surface area (Å²) in [5.41, 5.74) is 11.5. The smallest absolute Gasteiger partial charge is 0.248 e. The molecule has 0 saturated carbocycles. The van der Waals surface area contributed by atoms with Crippen LogP contribution in [0, 0.1) is 20.8 Å². The predicted octanol–water partition coefficient (Wildman–Crippen LogP) is 5.13. The number of benzene rings is 2. The van der Waals surface area contributed by atoms with Gasteiger partial charge in [-0.05, 0) is 61.7 Å². The fourth-order valence-electron chi connectivity index (χ4n) is 3.24. The molecule has 0 fully saturated rings. The zero-order valence-electron chi connectivity index (χ0n) is 15.9. The molecule has 140 valence electrons. The fourth-order valence-corrected chi connectivity index (χ4v) is 4.25. The van der Waals surface area contributed by atoms with Crippen molar-refractivity contribution in [3.63, 3.8) is 0 Å². The van der Waals surface area contributed by atoms with Crippen LogP contribution in [-0.2, 0) is 0 Å². The highest BCUT2D eigenvalue weighted by molar-refractivity contribution is 7.19. The second kappa shape index (κ2) is 7.05. The van der Waals surface area contributed by atoms with Crippen LogP contribution in [0.1, 0.15) is 26.4 Å². The lowest BCUT2D eigenvalue weighted by molar-refractivity contribution is 0.100. The molecule has 0 aliphatic heterocycles. The lowest BCUT2D eigenvalue weighted by atomic mass is 9.99. The molecule has 0 radical (unpaired) electrons. The van der Waals surface area contributed by atoms with E-state index < -0.39 is 5.91 Å². The Bertz CT molecular complexity index is 1200. The van der Waals surface area contributed by atoms with Crippen molar-refractivity contribution < 1.29 is 4.79 Å². The van der Waals surface area contributed by atoms with Crippen molar-refractivity contribution in [1.82, 2.24) is 9.97 Å². The van der Waals surface area contributed by atoms with E-state index in [1.807, 2.05) is 12.1 Å². The molecule has 2 aromatic carbocycles. The average molecular weight is 388 g/mol. The van der Waals surface area contributed by atoms with Gasteiger partial charge in [0.05, 0.1) is 5.39 Å². The zero-order valence-corrected chi connectivity index (χ0v) is 16.7. The van der Waals surface area contributed by atoms with E-state index in [0.717, 1.165) is 32.8 Å². The van der Waals surface area contributed by atoms with E-state index in [2.05, 4.69) is 54.3 Å². The number of thiophene rings is 1. The van der Waals surface area contributed by atoms with Crippen molar-refractivity contribution in [2.24, 2.45) is 5.73 Å². The summed E-state index contributed by atoms with van der Waals surface area (Å²) in [6.45, 7) is 6.35. The highest BCUT2D eigenvalue weighted by Gasteiger charge is 2.17. The number of amides is 1. The number of hydrogen-bond acceptors (Lipinski definition) is 5. The first-order valence-corrected chi connectivity index (χ1v) is 9.74. The minimum Gasteiger partial charge on any atom is -0.366 e. The molecule has 4 rings (SSSR count). The average Bonchev–Trinajstić information content (AvgIpc) is 3.01. The SMILES string of the molecule is Cc1ccc(-c2c(C)sc3ncnc(Nc4ccc(C(N)=O)cc4)c23)cc1C. The Hall–Kier alpha value is -3.25. The van der Waals surface area contributed by atoms with Gasteiger partial charge in [-0.1, -0.05) is 18.2 Å². The molecule has 3 N–H and O–H groups in total. The molecule has 0 aliphatic rings. The number of carbonyl (C=O) groups excluding carboxylic acids is 1. The van der Waals surface area contributed by atoms with E-state index in [9.17, 15) is 4.79 Å². The lowest BCUT2D eigenvalue weighted by Gasteiger charge is -2.10. The van der Waals surface area contributed by atoms with Gasteiger partial charge in [-0.15, -0.1) is 11.3 Å². The van der Waals surface area contributed by atoms with Gasteiger partial charge in [0.15, 0.2) is 0 Å². The Morgan fingerprint density at radius 1 is 1.00 bits per heavy atom. The van der Waals surface area contributed by atoms with Crippen molar-refractivity contribution >= 4 is 39.0 Å². The molecule has 4 aromatic rings. The Kier molecular flexibility index (Phi) is 4.57. The van der Waals surface area contributed by atoms with Gasteiger partial charge in [0.1, 0.15) is 17.0 Å². The number of nitrogens with zero attached hydrogens (tertiary/aromatic N) is 2. The molecule has 0 unspecified atom stereocenters. The molecule has 0 bridgehead atoms. The molecule has 0 aliphatic carbocycles. The maximum absolute atomic E-state index is 11.3. The van der Waals surface area contributed by atoms with Gasteiger partial charge in [-0.3, -0.25) is 4.79 Å². The van der Waals surface area contributed by atoms with Crippen LogP contribution in [0.15, 0.2) is 48.8 Å². The molecular weight excluding hydrogens is 368 g/mol. The number of nitrogens with one attached hydrogen (secondary N) is 1.